The summed E-state index contributed by atoms with van der Waals surface area (Å²) >= 11 is 0. The summed E-state index contributed by atoms with van der Waals surface area (Å²) in [7, 11) is 0. The van der Waals surface area contributed by atoms with Crippen molar-refractivity contribution in [3.8, 4) is 6.01 Å². The van der Waals surface area contributed by atoms with Crippen LogP contribution in [0.3, 0.4) is 0 Å². The fourth-order valence-corrected chi connectivity index (χ4v) is 13.8. The predicted octanol–water partition coefficient (Wildman–Crippen LogP) is 5.65. The lowest BCUT2D eigenvalue weighted by molar-refractivity contribution is -0.197. The van der Waals surface area contributed by atoms with E-state index in [1.54, 1.807) is 32.3 Å². The first-order valence-corrected chi connectivity index (χ1v) is 19.1. The van der Waals surface area contributed by atoms with Gasteiger partial charge in [-0.15, -0.1) is 0 Å². The number of hydrogen-bond donors (Lipinski definition) is 2. The highest BCUT2D eigenvalue weighted by atomic mass is 16.6. The van der Waals surface area contributed by atoms with Crippen LogP contribution in [0.5, 0.6) is 6.01 Å². The minimum atomic E-state index is -1.20. The first kappa shape index (κ1) is 34.1. The molecule has 49 heavy (non-hydrogen) atoms. The fourth-order valence-electron chi connectivity index (χ4n) is 13.8. The van der Waals surface area contributed by atoms with Crippen molar-refractivity contribution in [2.45, 2.75) is 136 Å². The summed E-state index contributed by atoms with van der Waals surface area (Å²) < 4.78 is 25.0. The second kappa shape index (κ2) is 11.2. The van der Waals surface area contributed by atoms with Crippen LogP contribution in [0.25, 0.3) is 0 Å². The van der Waals surface area contributed by atoms with Crippen LogP contribution in [-0.2, 0) is 14.2 Å². The summed E-state index contributed by atoms with van der Waals surface area (Å²) in [5.74, 6) is 1.40. The Bertz CT molecular complexity index is 1430. The molecule has 2 spiro atoms. The number of fused-ring (bicyclic) bond motifs is 4. The molecule has 13 atom stereocenters. The summed E-state index contributed by atoms with van der Waals surface area (Å²) in [5, 5.41) is 24.0. The van der Waals surface area contributed by atoms with Crippen LogP contribution in [0.2, 0.25) is 0 Å². The van der Waals surface area contributed by atoms with Crippen molar-refractivity contribution in [2.24, 2.45) is 50.7 Å². The monoisotopic (exact) mass is 681 g/mol. The number of aromatic nitrogens is 2. The van der Waals surface area contributed by atoms with E-state index in [9.17, 15) is 15.0 Å². The Morgan fingerprint density at radius 2 is 1.69 bits per heavy atom. The lowest BCUT2D eigenvalue weighted by Crippen LogP contribution is -2.60. The molecule has 1 unspecified atom stereocenters. The SMILES string of the molecule is C[C@@H]1C[C@H]([C@H](Oc2ncccn2)C(C)(C)O)O[C@H]2C1[C@@]1(C)CC[C@@]34C[C@@]35CC[C@H](OC(=O)N3CCOCC3)C(C)(C)[C@@H]5CC[C@H]4[C@]1(C)[C@H]2O. The molecule has 0 bridgehead atoms. The second-order valence-corrected chi connectivity index (χ2v) is 18.7. The summed E-state index contributed by atoms with van der Waals surface area (Å²) in [4.78, 5) is 23.6. The average Bonchev–Trinajstić information content (AvgIpc) is 3.70. The van der Waals surface area contributed by atoms with Gasteiger partial charge in [0.2, 0.25) is 0 Å². The number of morpholine rings is 1. The van der Waals surface area contributed by atoms with Gasteiger partial charge in [-0.25, -0.2) is 14.8 Å². The fraction of sp³-hybridized carbons (Fsp3) is 0.872. The lowest BCUT2D eigenvalue weighted by Gasteiger charge is -2.63. The Morgan fingerprint density at radius 1 is 1.02 bits per heavy atom. The van der Waals surface area contributed by atoms with E-state index in [0.29, 0.717) is 38.1 Å². The molecule has 5 aliphatic carbocycles. The zero-order valence-corrected chi connectivity index (χ0v) is 30.7. The molecule has 1 aromatic heterocycles. The molecule has 10 heteroatoms. The summed E-state index contributed by atoms with van der Waals surface area (Å²) in [6, 6.07) is 1.96. The van der Waals surface area contributed by atoms with Gasteiger partial charge in [0.1, 0.15) is 6.10 Å². The van der Waals surface area contributed by atoms with Crippen LogP contribution in [0.4, 0.5) is 4.79 Å². The largest absolute Gasteiger partial charge is 0.454 e. The van der Waals surface area contributed by atoms with Crippen LogP contribution < -0.4 is 4.74 Å². The molecule has 7 aliphatic rings. The van der Waals surface area contributed by atoms with E-state index in [-0.39, 0.29) is 63.2 Å². The highest BCUT2D eigenvalue weighted by Crippen LogP contribution is 2.89. The smallest absolute Gasteiger partial charge is 0.410 e. The number of hydrogen-bond acceptors (Lipinski definition) is 9. The van der Waals surface area contributed by atoms with E-state index in [4.69, 9.17) is 18.9 Å². The van der Waals surface area contributed by atoms with E-state index < -0.39 is 23.9 Å². The van der Waals surface area contributed by atoms with Crippen molar-refractivity contribution < 1.29 is 34.0 Å². The Labute approximate surface area is 292 Å². The standard InChI is InChI=1S/C39H59N3O7/c1-23-21-24(31(35(4,5)45)49-32-40-15-8-16-41-32)47-29-28(23)36(6)13-14-39-22-38(39)12-11-27(48-33(44)42-17-19-46-20-18-42)34(2,3)25(38)9-10-26(39)37(36,7)30(29)43/h8,15-16,23-31,43,45H,9-14,17-22H2,1-7H3/t23-,24-,25+,26+,27+,28?,29+,30+,31+,36-,37-,38-,39+/m1/s1. The predicted molar refractivity (Wildman–Crippen MR) is 182 cm³/mol. The van der Waals surface area contributed by atoms with E-state index in [2.05, 4.69) is 44.6 Å². The van der Waals surface area contributed by atoms with Crippen molar-refractivity contribution in [3.05, 3.63) is 18.5 Å². The molecule has 10 nitrogen and oxygen atoms in total. The number of ether oxygens (including phenoxy) is 4. The molecule has 2 aliphatic heterocycles. The highest BCUT2D eigenvalue weighted by Gasteiger charge is 2.85. The molecule has 0 aromatic carbocycles. The van der Waals surface area contributed by atoms with E-state index in [1.807, 2.05) is 4.90 Å². The number of carbonyl (C=O) groups is 1. The third-order valence-corrected chi connectivity index (χ3v) is 16.1. The zero-order chi connectivity index (χ0) is 34.8. The molecule has 3 heterocycles. The van der Waals surface area contributed by atoms with E-state index in [1.165, 1.54) is 12.8 Å². The van der Waals surface area contributed by atoms with Crippen LogP contribution in [-0.4, -0.2) is 93.6 Å². The van der Waals surface area contributed by atoms with Crippen molar-refractivity contribution in [1.82, 2.24) is 14.9 Å². The number of rotatable bonds is 5. The Morgan fingerprint density at radius 3 is 2.39 bits per heavy atom. The quantitative estimate of drug-likeness (QED) is 0.406. The van der Waals surface area contributed by atoms with Crippen molar-refractivity contribution in [1.29, 1.82) is 0 Å². The van der Waals surface area contributed by atoms with Gasteiger partial charge >= 0.3 is 12.1 Å². The van der Waals surface area contributed by atoms with Crippen molar-refractivity contribution in [3.63, 3.8) is 0 Å². The average molecular weight is 682 g/mol. The van der Waals surface area contributed by atoms with Crippen LogP contribution >= 0.6 is 0 Å². The van der Waals surface area contributed by atoms with Gasteiger partial charge in [-0.05, 0) is 111 Å². The molecular weight excluding hydrogens is 622 g/mol. The van der Waals surface area contributed by atoms with Gasteiger partial charge in [0.25, 0.3) is 0 Å². The topological polar surface area (TPSA) is 123 Å². The van der Waals surface area contributed by atoms with Gasteiger partial charge in [0.05, 0.1) is 37.1 Å². The minimum Gasteiger partial charge on any atom is -0.454 e. The number of carbonyl (C=O) groups excluding carboxylic acids is 1. The van der Waals surface area contributed by atoms with Gasteiger partial charge in [0, 0.05) is 36.3 Å². The first-order chi connectivity index (χ1) is 23.1. The molecule has 5 saturated carbocycles. The third-order valence-electron chi connectivity index (χ3n) is 16.1. The summed E-state index contributed by atoms with van der Waals surface area (Å²) in [6.45, 7) is 17.7. The summed E-state index contributed by atoms with van der Waals surface area (Å²) in [5.41, 5.74) is -1.23. The molecule has 1 amide bonds. The van der Waals surface area contributed by atoms with Crippen LogP contribution in [0.1, 0.15) is 99.8 Å². The highest BCUT2D eigenvalue weighted by molar-refractivity contribution is 5.68. The lowest BCUT2D eigenvalue weighted by atomic mass is 9.41. The molecule has 2 saturated heterocycles. The number of aliphatic hydroxyl groups excluding tert-OH is 1. The third kappa shape index (κ3) is 4.67. The molecule has 0 radical (unpaired) electrons. The number of nitrogens with zero attached hydrogens (tertiary/aromatic N) is 3. The van der Waals surface area contributed by atoms with E-state index in [0.717, 1.165) is 38.5 Å². The molecule has 2 N–H and O–H groups in total. The van der Waals surface area contributed by atoms with Crippen LogP contribution in [0.15, 0.2) is 18.5 Å². The summed E-state index contributed by atoms with van der Waals surface area (Å²) in [6.07, 6.45) is 9.39. The Hall–Kier alpha value is -2.01. The van der Waals surface area contributed by atoms with Crippen molar-refractivity contribution >= 4 is 6.09 Å². The molecule has 7 fully saturated rings. The number of amides is 1. The van der Waals surface area contributed by atoms with Gasteiger partial charge in [-0.3, -0.25) is 0 Å². The normalized spacial score (nSPS) is 47.4. The van der Waals surface area contributed by atoms with Gasteiger partial charge in [-0.2, -0.15) is 0 Å². The zero-order valence-electron chi connectivity index (χ0n) is 30.7. The molecule has 1 aromatic rings. The minimum absolute atomic E-state index is 0.0674. The van der Waals surface area contributed by atoms with Crippen LogP contribution in [0, 0.1) is 50.7 Å². The van der Waals surface area contributed by atoms with Gasteiger partial charge in [0.15, 0.2) is 6.10 Å². The van der Waals surface area contributed by atoms with E-state index >= 15 is 0 Å². The molecule has 272 valence electrons. The Kier molecular flexibility index (Phi) is 7.82. The maximum atomic E-state index is 13.2. The maximum absolute atomic E-state index is 13.2. The molecule has 8 rings (SSSR count). The number of aliphatic hydroxyl groups is 2. The maximum Gasteiger partial charge on any atom is 0.410 e. The van der Waals surface area contributed by atoms with Gasteiger partial charge in [-0.1, -0.05) is 34.6 Å². The van der Waals surface area contributed by atoms with Gasteiger partial charge < -0.3 is 34.1 Å². The first-order valence-electron chi connectivity index (χ1n) is 19.1. The Balaban J connectivity index is 1.05. The van der Waals surface area contributed by atoms with Crippen molar-refractivity contribution in [2.75, 3.05) is 26.3 Å². The second-order valence-electron chi connectivity index (χ2n) is 18.7. The molecular formula is C39H59N3O7.